The predicted molar refractivity (Wildman–Crippen MR) is 138 cm³/mol. The molecular weight excluding hydrogens is 456 g/mol. The Hall–Kier alpha value is -3.00. The number of nitrogens with zero attached hydrogens (tertiary/aromatic N) is 5. The fourth-order valence-corrected chi connectivity index (χ4v) is 7.40. The average molecular weight is 489 g/mol. The molecule has 3 aromatic heterocycles. The zero-order valence-corrected chi connectivity index (χ0v) is 21.2. The van der Waals surface area contributed by atoms with Gasteiger partial charge in [0.2, 0.25) is 5.91 Å². The maximum atomic E-state index is 13.8. The highest BCUT2D eigenvalue weighted by atomic mass is 32.1. The Morgan fingerprint density at radius 2 is 2.11 bits per heavy atom. The van der Waals surface area contributed by atoms with E-state index < -0.39 is 0 Å². The fraction of sp³-hybridized carbons (Fsp3) is 0.481. The maximum absolute atomic E-state index is 13.8. The minimum absolute atomic E-state index is 0.144. The van der Waals surface area contributed by atoms with Crippen LogP contribution in [-0.2, 0) is 11.8 Å². The third kappa shape index (κ3) is 3.97. The number of likely N-dealkylation sites (tertiary alicyclic amines) is 1. The summed E-state index contributed by atoms with van der Waals surface area (Å²) in [6.07, 6.45) is 8.25. The zero-order chi connectivity index (χ0) is 23.9. The van der Waals surface area contributed by atoms with E-state index in [0.29, 0.717) is 24.3 Å². The van der Waals surface area contributed by atoms with Crippen molar-refractivity contribution in [3.8, 4) is 10.4 Å². The van der Waals surface area contributed by atoms with Crippen molar-refractivity contribution < 1.29 is 4.79 Å². The summed E-state index contributed by atoms with van der Waals surface area (Å²) >= 11 is 1.77. The van der Waals surface area contributed by atoms with Crippen LogP contribution in [0.15, 0.2) is 41.9 Å². The van der Waals surface area contributed by atoms with Gasteiger partial charge in [-0.15, -0.1) is 16.4 Å². The monoisotopic (exact) mass is 488 g/mol. The summed E-state index contributed by atoms with van der Waals surface area (Å²) in [6, 6.07) is 11.1. The average Bonchev–Trinajstić information content (AvgIpc) is 3.65. The number of fused-ring (bicyclic) bond motifs is 2. The molecule has 2 fully saturated rings. The zero-order valence-electron chi connectivity index (χ0n) is 20.4. The van der Waals surface area contributed by atoms with Gasteiger partial charge in [0.25, 0.3) is 0 Å². The second-order valence-electron chi connectivity index (χ2n) is 10.3. The molecule has 8 heteroatoms. The second-order valence-corrected chi connectivity index (χ2v) is 11.2. The fourth-order valence-electron chi connectivity index (χ4n) is 6.64. The summed E-state index contributed by atoms with van der Waals surface area (Å²) in [5, 5.41) is 18.3. The number of hydrogen-bond donors (Lipinski definition) is 1. The summed E-state index contributed by atoms with van der Waals surface area (Å²) in [4.78, 5) is 17.2. The molecule has 4 atom stereocenters. The Morgan fingerprint density at radius 1 is 1.20 bits per heavy atom. The molecule has 1 aliphatic carbocycles. The van der Waals surface area contributed by atoms with Crippen LogP contribution in [0.3, 0.4) is 0 Å². The van der Waals surface area contributed by atoms with E-state index >= 15 is 0 Å². The van der Waals surface area contributed by atoms with Crippen LogP contribution in [-0.4, -0.2) is 48.6 Å². The van der Waals surface area contributed by atoms with Crippen LogP contribution < -0.4 is 0 Å². The molecular formula is C27H32N6OS. The highest BCUT2D eigenvalue weighted by Crippen LogP contribution is 2.44. The van der Waals surface area contributed by atoms with Crippen LogP contribution in [0.25, 0.3) is 21.3 Å². The molecule has 0 bridgehead atoms. The molecule has 1 saturated heterocycles. The Kier molecular flexibility index (Phi) is 5.92. The number of thiophene rings is 1. The van der Waals surface area contributed by atoms with E-state index in [2.05, 4.69) is 86.0 Å². The molecule has 2 aliphatic rings. The highest BCUT2D eigenvalue weighted by Gasteiger charge is 2.42. The molecule has 1 amide bonds. The van der Waals surface area contributed by atoms with Gasteiger partial charge in [-0.05, 0) is 71.0 Å². The van der Waals surface area contributed by atoms with Crippen molar-refractivity contribution in [3.05, 3.63) is 53.3 Å². The number of aryl methyl sites for hydroxylation is 1. The summed E-state index contributed by atoms with van der Waals surface area (Å²) in [5.41, 5.74) is 3.75. The normalized spacial score (nSPS) is 23.4. The number of hydrogen-bond acceptors (Lipinski definition) is 5. The quantitative estimate of drug-likeness (QED) is 0.403. The van der Waals surface area contributed by atoms with Crippen molar-refractivity contribution in [1.29, 1.82) is 0 Å². The summed E-state index contributed by atoms with van der Waals surface area (Å²) in [6.45, 7) is 3.08. The predicted octanol–water partition coefficient (Wildman–Crippen LogP) is 5.49. The number of benzene rings is 1. The number of tetrazole rings is 1. The van der Waals surface area contributed by atoms with Crippen LogP contribution in [0.1, 0.15) is 68.7 Å². The first-order valence-corrected chi connectivity index (χ1v) is 13.6. The third-order valence-electron chi connectivity index (χ3n) is 8.24. The maximum Gasteiger partial charge on any atom is 0.223 e. The molecule has 4 heterocycles. The van der Waals surface area contributed by atoms with Gasteiger partial charge in [0, 0.05) is 59.5 Å². The minimum atomic E-state index is 0.144. The molecule has 1 aromatic carbocycles. The van der Waals surface area contributed by atoms with Crippen molar-refractivity contribution in [2.75, 3.05) is 6.54 Å². The van der Waals surface area contributed by atoms with Gasteiger partial charge in [-0.3, -0.25) is 4.79 Å². The van der Waals surface area contributed by atoms with Crippen molar-refractivity contribution >= 4 is 28.1 Å². The molecule has 4 unspecified atom stereocenters. The summed E-state index contributed by atoms with van der Waals surface area (Å²) < 4.78 is 2.21. The third-order valence-corrected chi connectivity index (χ3v) is 9.14. The number of aromatic nitrogens is 5. The molecule has 182 valence electrons. The van der Waals surface area contributed by atoms with Gasteiger partial charge in [-0.2, -0.15) is 0 Å². The molecule has 4 aromatic rings. The Balaban J connectivity index is 1.26. The van der Waals surface area contributed by atoms with E-state index in [1.54, 1.807) is 11.3 Å². The van der Waals surface area contributed by atoms with Crippen molar-refractivity contribution in [2.24, 2.45) is 13.0 Å². The molecule has 1 saturated carbocycles. The number of rotatable bonds is 5. The number of amides is 1. The van der Waals surface area contributed by atoms with Crippen LogP contribution in [0.2, 0.25) is 0 Å². The Labute approximate surface area is 209 Å². The SMILES string of the molecule is CC(CC(=O)N1CCCC2C(c3nnn[nH]3)CCCC21)c1cn(C)c2cccc(-c3cccs3)c12. The number of H-pyrrole nitrogens is 1. The van der Waals surface area contributed by atoms with Crippen LogP contribution in [0.4, 0.5) is 0 Å². The van der Waals surface area contributed by atoms with Gasteiger partial charge in [0.05, 0.1) is 0 Å². The number of aromatic amines is 1. The number of carbonyl (C=O) groups is 1. The lowest BCUT2D eigenvalue weighted by Gasteiger charge is -2.47. The summed E-state index contributed by atoms with van der Waals surface area (Å²) in [5.74, 6) is 2.08. The van der Waals surface area contributed by atoms with Crippen molar-refractivity contribution in [3.63, 3.8) is 0 Å². The number of carbonyl (C=O) groups excluding carboxylic acids is 1. The van der Waals surface area contributed by atoms with E-state index in [1.165, 1.54) is 26.9 Å². The first kappa shape index (κ1) is 22.5. The first-order chi connectivity index (χ1) is 17.1. The first-order valence-electron chi connectivity index (χ1n) is 12.8. The molecule has 7 nitrogen and oxygen atoms in total. The van der Waals surface area contributed by atoms with Crippen LogP contribution in [0.5, 0.6) is 0 Å². The van der Waals surface area contributed by atoms with E-state index in [9.17, 15) is 4.79 Å². The van der Waals surface area contributed by atoms with E-state index in [1.807, 2.05) is 0 Å². The second kappa shape index (κ2) is 9.22. The van der Waals surface area contributed by atoms with Crippen molar-refractivity contribution in [1.82, 2.24) is 30.1 Å². The standard InChI is InChI=1S/C27H32N6OS/c1-17(21-16-32(2)23-11-4-8-20(26(21)23)24-12-6-14-35-24)15-25(34)33-13-5-9-18-19(7-3-10-22(18)33)27-28-30-31-29-27/h4,6,8,11-12,14,16-19,22H,3,5,7,9-10,13,15H2,1-2H3,(H,28,29,30,31). The van der Waals surface area contributed by atoms with Crippen LogP contribution >= 0.6 is 11.3 Å². The lowest BCUT2D eigenvalue weighted by Crippen LogP contribution is -2.51. The Bertz CT molecular complexity index is 1310. The topological polar surface area (TPSA) is 79.7 Å². The molecule has 1 N–H and O–H groups in total. The molecule has 1 aliphatic heterocycles. The van der Waals surface area contributed by atoms with Gasteiger partial charge < -0.3 is 9.47 Å². The van der Waals surface area contributed by atoms with Crippen molar-refractivity contribution in [2.45, 2.75) is 63.3 Å². The van der Waals surface area contributed by atoms with E-state index in [-0.39, 0.29) is 11.8 Å². The van der Waals surface area contributed by atoms with Gasteiger partial charge >= 0.3 is 0 Å². The Morgan fingerprint density at radius 3 is 2.91 bits per heavy atom. The molecule has 6 rings (SSSR count). The van der Waals surface area contributed by atoms with Gasteiger partial charge in [0.15, 0.2) is 5.82 Å². The van der Waals surface area contributed by atoms with Crippen LogP contribution in [0, 0.1) is 5.92 Å². The largest absolute Gasteiger partial charge is 0.350 e. The van der Waals surface area contributed by atoms with Gasteiger partial charge in [-0.25, -0.2) is 5.10 Å². The molecule has 0 radical (unpaired) electrons. The lowest BCUT2D eigenvalue weighted by atomic mass is 9.70. The smallest absolute Gasteiger partial charge is 0.223 e. The van der Waals surface area contributed by atoms with Gasteiger partial charge in [0.1, 0.15) is 0 Å². The van der Waals surface area contributed by atoms with E-state index in [0.717, 1.165) is 44.5 Å². The molecule has 35 heavy (non-hydrogen) atoms. The number of nitrogens with one attached hydrogen (secondary N) is 1. The highest BCUT2D eigenvalue weighted by molar-refractivity contribution is 7.13. The molecule has 0 spiro atoms. The van der Waals surface area contributed by atoms with E-state index in [4.69, 9.17) is 0 Å². The van der Waals surface area contributed by atoms with Gasteiger partial charge in [-0.1, -0.05) is 31.5 Å². The number of piperidine rings is 1. The minimum Gasteiger partial charge on any atom is -0.350 e. The lowest BCUT2D eigenvalue weighted by molar-refractivity contribution is -0.138. The summed E-state index contributed by atoms with van der Waals surface area (Å²) in [7, 11) is 2.11.